The van der Waals surface area contributed by atoms with Gasteiger partial charge in [-0.3, -0.25) is 4.79 Å². The Kier molecular flexibility index (Phi) is 5.70. The van der Waals surface area contributed by atoms with Crippen molar-refractivity contribution < 1.29 is 24.3 Å². The van der Waals surface area contributed by atoms with Crippen molar-refractivity contribution in [1.29, 1.82) is 0 Å². The smallest absolute Gasteiger partial charge is 0.315 e. The van der Waals surface area contributed by atoms with Gasteiger partial charge in [0.25, 0.3) is 0 Å². The largest absolute Gasteiger partial charge is 0.497 e. The van der Waals surface area contributed by atoms with E-state index in [2.05, 4.69) is 37.0 Å². The van der Waals surface area contributed by atoms with Gasteiger partial charge >= 0.3 is 5.97 Å². The van der Waals surface area contributed by atoms with E-state index in [0.29, 0.717) is 5.92 Å². The summed E-state index contributed by atoms with van der Waals surface area (Å²) in [6.07, 6.45) is 4.59. The van der Waals surface area contributed by atoms with Gasteiger partial charge in [-0.2, -0.15) is 0 Å². The topological polar surface area (TPSA) is 63.4 Å². The Labute approximate surface area is 191 Å². The number of fused-ring (bicyclic) bond motifs is 2. The first-order valence-corrected chi connectivity index (χ1v) is 12.2. The summed E-state index contributed by atoms with van der Waals surface area (Å²) in [5.74, 6) is 0.912. The fourth-order valence-electron chi connectivity index (χ4n) is 6.69. The first kappa shape index (κ1) is 21.8. The Bertz CT molecular complexity index is 876. The third-order valence-corrected chi connectivity index (χ3v) is 8.99. The maximum Gasteiger partial charge on any atom is 0.315 e. The highest BCUT2D eigenvalue weighted by Gasteiger charge is 2.60. The molecule has 2 N–H and O–H groups in total. The van der Waals surface area contributed by atoms with Crippen molar-refractivity contribution in [3.8, 4) is 5.75 Å². The average molecular weight is 442 g/mol. The average Bonchev–Trinajstić information content (AvgIpc) is 3.11. The number of allylic oxidation sites excluding steroid dienone is 1. The molecule has 0 radical (unpaired) electrons. The summed E-state index contributed by atoms with van der Waals surface area (Å²) in [4.78, 5) is 16.7. The molecular formula is C26H37N2O4+. The van der Waals surface area contributed by atoms with Gasteiger partial charge in [-0.15, -0.1) is 0 Å². The van der Waals surface area contributed by atoms with E-state index in [1.807, 2.05) is 12.1 Å². The molecule has 174 valence electrons. The first-order chi connectivity index (χ1) is 15.4. The summed E-state index contributed by atoms with van der Waals surface area (Å²) >= 11 is 0. The molecule has 4 aliphatic rings. The van der Waals surface area contributed by atoms with Crippen molar-refractivity contribution in [3.63, 3.8) is 0 Å². The number of aliphatic hydroxyl groups excluding tert-OH is 1. The molecule has 6 heteroatoms. The first-order valence-electron chi connectivity index (χ1n) is 12.2. The van der Waals surface area contributed by atoms with E-state index in [0.717, 1.165) is 57.7 Å². The van der Waals surface area contributed by atoms with E-state index in [1.54, 1.807) is 7.11 Å². The molecule has 2 heterocycles. The molecule has 2 aliphatic heterocycles. The third-order valence-electron chi connectivity index (χ3n) is 8.99. The van der Waals surface area contributed by atoms with Crippen LogP contribution in [0.25, 0.3) is 0 Å². The van der Waals surface area contributed by atoms with Crippen molar-refractivity contribution in [2.24, 2.45) is 23.2 Å². The number of esters is 1. The number of hydrogen-bond acceptors (Lipinski definition) is 5. The number of benzene rings is 1. The summed E-state index contributed by atoms with van der Waals surface area (Å²) in [5.41, 5.74) is 2.29. The van der Waals surface area contributed by atoms with Crippen LogP contribution >= 0.6 is 0 Å². The molecule has 0 bridgehead atoms. The fraction of sp³-hybridized carbons (Fsp3) is 0.654. The minimum atomic E-state index is -0.515. The van der Waals surface area contributed by atoms with Gasteiger partial charge in [0.15, 0.2) is 0 Å². The Hall–Kier alpha value is -2.05. The van der Waals surface area contributed by atoms with Gasteiger partial charge in [0, 0.05) is 23.4 Å². The van der Waals surface area contributed by atoms with Crippen LogP contribution in [0, 0.1) is 23.2 Å². The van der Waals surface area contributed by atoms with Crippen LogP contribution in [0.15, 0.2) is 35.9 Å². The van der Waals surface area contributed by atoms with Gasteiger partial charge in [0.05, 0.1) is 45.9 Å². The summed E-state index contributed by atoms with van der Waals surface area (Å²) in [6.45, 7) is 9.13. The molecule has 0 spiro atoms. The lowest BCUT2D eigenvalue weighted by molar-refractivity contribution is -0.903. The molecule has 1 saturated carbocycles. The van der Waals surface area contributed by atoms with Gasteiger partial charge in [-0.25, -0.2) is 0 Å². The van der Waals surface area contributed by atoms with Crippen LogP contribution in [-0.2, 0) is 9.53 Å². The second kappa shape index (κ2) is 8.38. The molecule has 3 fully saturated rings. The Morgan fingerprint density at radius 3 is 2.66 bits per heavy atom. The van der Waals surface area contributed by atoms with E-state index in [-0.39, 0.29) is 29.3 Å². The summed E-state index contributed by atoms with van der Waals surface area (Å²) in [6, 6.07) is 8.23. The third kappa shape index (κ3) is 3.52. The molecule has 1 aromatic carbocycles. The molecule has 5 rings (SSSR count). The van der Waals surface area contributed by atoms with Crippen molar-refractivity contribution in [2.75, 3.05) is 44.7 Å². The molecule has 0 amide bonds. The summed E-state index contributed by atoms with van der Waals surface area (Å²) in [7, 11) is 1.69. The van der Waals surface area contributed by atoms with E-state index in [9.17, 15) is 9.90 Å². The van der Waals surface area contributed by atoms with Gasteiger partial charge in [0.1, 0.15) is 17.8 Å². The number of nitrogens with one attached hydrogen (secondary N) is 1. The van der Waals surface area contributed by atoms with Crippen LogP contribution in [-0.4, -0.2) is 63.1 Å². The molecule has 6 nitrogen and oxygen atoms in total. The quantitative estimate of drug-likeness (QED) is 0.550. The lowest BCUT2D eigenvalue weighted by Crippen LogP contribution is -3.15. The van der Waals surface area contributed by atoms with E-state index in [4.69, 9.17) is 9.47 Å². The molecule has 6 atom stereocenters. The molecule has 2 aliphatic carbocycles. The lowest BCUT2D eigenvalue weighted by atomic mass is 9.55. The van der Waals surface area contributed by atoms with Crippen LogP contribution < -0.4 is 14.5 Å². The highest BCUT2D eigenvalue weighted by molar-refractivity contribution is 5.76. The van der Waals surface area contributed by atoms with E-state index >= 15 is 0 Å². The minimum Gasteiger partial charge on any atom is -0.497 e. The fourth-order valence-corrected chi connectivity index (χ4v) is 6.69. The van der Waals surface area contributed by atoms with Crippen molar-refractivity contribution in [1.82, 2.24) is 0 Å². The number of rotatable bonds is 4. The predicted molar refractivity (Wildman–Crippen MR) is 123 cm³/mol. The standard InChI is InChI=1S/C26H36N2O4/c1-17-5-4-6-18-15-22-23(24(29)26(17,18)2)21(25(30)32-22)16-27-11-13-28(14-12-27)19-7-9-20(31-3)10-8-19/h6-10,17,21-24,29H,4-5,11-16H2,1-3H3/p+1/t17-,21-,22+,23+,24-,26+/m0/s1. The highest BCUT2D eigenvalue weighted by atomic mass is 16.6. The zero-order valence-corrected chi connectivity index (χ0v) is 19.5. The molecular weight excluding hydrogens is 404 g/mol. The SMILES string of the molecule is COc1ccc(N2CC[NH+](C[C@@H]3C(=O)O[C@@H]4CC5=CCC[C@H](C)[C@@]5(C)[C@@H](O)[C@H]34)CC2)cc1. The number of hydrogen-bond donors (Lipinski definition) is 2. The zero-order valence-electron chi connectivity index (χ0n) is 19.5. The molecule has 2 saturated heterocycles. The van der Waals surface area contributed by atoms with Crippen LogP contribution in [0.1, 0.15) is 33.1 Å². The van der Waals surface area contributed by atoms with Crippen LogP contribution in [0.5, 0.6) is 5.75 Å². The molecule has 1 aromatic rings. The molecule has 0 aromatic heterocycles. The van der Waals surface area contributed by atoms with Gasteiger partial charge in [-0.1, -0.05) is 25.5 Å². The Balaban J connectivity index is 1.25. The highest BCUT2D eigenvalue weighted by Crippen LogP contribution is 2.55. The number of methoxy groups -OCH3 is 1. The van der Waals surface area contributed by atoms with Crippen LogP contribution in [0.3, 0.4) is 0 Å². The predicted octanol–water partition coefficient (Wildman–Crippen LogP) is 1.69. The molecule has 32 heavy (non-hydrogen) atoms. The minimum absolute atomic E-state index is 0.0858. The van der Waals surface area contributed by atoms with Gasteiger partial charge in [0.2, 0.25) is 0 Å². The van der Waals surface area contributed by atoms with Gasteiger partial charge < -0.3 is 24.4 Å². The van der Waals surface area contributed by atoms with Gasteiger partial charge in [-0.05, 0) is 43.0 Å². The normalized spacial score (nSPS) is 37.4. The monoisotopic (exact) mass is 441 g/mol. The lowest BCUT2D eigenvalue weighted by Gasteiger charge is -2.51. The number of anilines is 1. The van der Waals surface area contributed by atoms with Crippen molar-refractivity contribution in [2.45, 2.75) is 45.3 Å². The molecule has 0 unspecified atom stereocenters. The second-order valence-corrected chi connectivity index (χ2v) is 10.4. The Morgan fingerprint density at radius 2 is 1.97 bits per heavy atom. The number of quaternary nitrogens is 1. The summed E-state index contributed by atoms with van der Waals surface area (Å²) < 4.78 is 11.1. The number of ether oxygens (including phenoxy) is 2. The van der Waals surface area contributed by atoms with Crippen LogP contribution in [0.2, 0.25) is 0 Å². The van der Waals surface area contributed by atoms with Crippen molar-refractivity contribution >= 4 is 11.7 Å². The number of carbonyl (C=O) groups excluding carboxylic acids is 1. The number of aliphatic hydroxyl groups is 1. The second-order valence-electron chi connectivity index (χ2n) is 10.4. The van der Waals surface area contributed by atoms with E-state index in [1.165, 1.54) is 16.2 Å². The zero-order chi connectivity index (χ0) is 22.5. The van der Waals surface area contributed by atoms with Crippen molar-refractivity contribution in [3.05, 3.63) is 35.9 Å². The maximum atomic E-state index is 12.9. The number of piperazine rings is 1. The Morgan fingerprint density at radius 1 is 1.25 bits per heavy atom. The van der Waals surface area contributed by atoms with Crippen LogP contribution in [0.4, 0.5) is 5.69 Å². The maximum absolute atomic E-state index is 12.9. The number of nitrogens with zero attached hydrogens (tertiary/aromatic N) is 1. The summed E-state index contributed by atoms with van der Waals surface area (Å²) in [5, 5.41) is 11.6. The number of carbonyl (C=O) groups is 1. The van der Waals surface area contributed by atoms with E-state index < -0.39 is 6.10 Å².